The third-order valence-corrected chi connectivity index (χ3v) is 4.78. The van der Waals surface area contributed by atoms with Crippen molar-refractivity contribution in [2.75, 3.05) is 25.6 Å². The predicted molar refractivity (Wildman–Crippen MR) is 86.6 cm³/mol. The van der Waals surface area contributed by atoms with E-state index in [4.69, 9.17) is 17.3 Å². The Hall–Kier alpha value is 0.260. The van der Waals surface area contributed by atoms with Crippen LogP contribution < -0.4 is 5.73 Å². The zero-order valence-corrected chi connectivity index (χ0v) is 14.1. The molecule has 0 bridgehead atoms. The molecule has 1 aromatic rings. The summed E-state index contributed by atoms with van der Waals surface area (Å²) in [5.74, 6) is 1.08. The highest BCUT2D eigenvalue weighted by Gasteiger charge is 2.22. The van der Waals surface area contributed by atoms with Crippen molar-refractivity contribution in [1.82, 2.24) is 4.90 Å². The second kappa shape index (κ2) is 7.75. The summed E-state index contributed by atoms with van der Waals surface area (Å²) >= 11 is 11.6. The molecule has 2 unspecified atom stereocenters. The van der Waals surface area contributed by atoms with E-state index in [1.807, 2.05) is 30.0 Å². The molecule has 1 rings (SSSR count). The minimum absolute atomic E-state index is 0.160. The molecular formula is C13H20BrClN2S. The molecule has 1 aromatic carbocycles. The van der Waals surface area contributed by atoms with E-state index in [1.165, 1.54) is 0 Å². The Morgan fingerprint density at radius 2 is 2.17 bits per heavy atom. The lowest BCUT2D eigenvalue weighted by Gasteiger charge is -2.33. The van der Waals surface area contributed by atoms with E-state index < -0.39 is 0 Å². The minimum atomic E-state index is 0.160. The van der Waals surface area contributed by atoms with Gasteiger partial charge in [-0.2, -0.15) is 11.8 Å². The lowest BCUT2D eigenvalue weighted by atomic mass is 10.0. The molecule has 0 spiro atoms. The van der Waals surface area contributed by atoms with Crippen LogP contribution in [0, 0.1) is 0 Å². The quantitative estimate of drug-likeness (QED) is 0.845. The molecule has 0 aliphatic carbocycles. The van der Waals surface area contributed by atoms with Crippen LogP contribution in [-0.4, -0.2) is 36.5 Å². The Morgan fingerprint density at radius 1 is 1.50 bits per heavy atom. The van der Waals surface area contributed by atoms with Gasteiger partial charge in [-0.25, -0.2) is 0 Å². The van der Waals surface area contributed by atoms with Crippen molar-refractivity contribution in [3.63, 3.8) is 0 Å². The lowest BCUT2D eigenvalue weighted by molar-refractivity contribution is 0.204. The van der Waals surface area contributed by atoms with E-state index in [0.717, 1.165) is 20.8 Å². The van der Waals surface area contributed by atoms with Crippen LogP contribution in [0.2, 0.25) is 5.02 Å². The first-order chi connectivity index (χ1) is 8.51. The molecule has 0 saturated heterocycles. The number of nitrogens with two attached hydrogens (primary N) is 1. The Labute approximate surface area is 127 Å². The van der Waals surface area contributed by atoms with Crippen LogP contribution in [-0.2, 0) is 0 Å². The standard InChI is InChI=1S/C13H20BrClN2S/c1-9(8-18-3)17(2)13(7-16)11-5-4-10(14)6-12(11)15/h4-6,9,13H,7-8,16H2,1-3H3. The highest BCUT2D eigenvalue weighted by atomic mass is 79.9. The molecule has 2 N–H and O–H groups in total. The summed E-state index contributed by atoms with van der Waals surface area (Å²) in [5, 5.41) is 0.767. The number of thioether (sulfide) groups is 1. The van der Waals surface area contributed by atoms with Crippen LogP contribution in [0.15, 0.2) is 22.7 Å². The molecule has 0 heterocycles. The SMILES string of the molecule is CSCC(C)N(C)C(CN)c1ccc(Br)cc1Cl. The van der Waals surface area contributed by atoms with Gasteiger partial charge in [-0.15, -0.1) is 0 Å². The normalized spacial score (nSPS) is 14.8. The average molecular weight is 352 g/mol. The molecule has 2 atom stereocenters. The maximum Gasteiger partial charge on any atom is 0.0485 e. The zero-order valence-electron chi connectivity index (χ0n) is 11.0. The van der Waals surface area contributed by atoms with Gasteiger partial charge >= 0.3 is 0 Å². The fourth-order valence-electron chi connectivity index (χ4n) is 1.95. The van der Waals surface area contributed by atoms with Crippen molar-refractivity contribution in [3.05, 3.63) is 33.3 Å². The summed E-state index contributed by atoms with van der Waals surface area (Å²) in [7, 11) is 2.11. The third kappa shape index (κ3) is 4.14. The first kappa shape index (κ1) is 16.3. The largest absolute Gasteiger partial charge is 0.329 e. The first-order valence-electron chi connectivity index (χ1n) is 5.87. The number of hydrogen-bond donors (Lipinski definition) is 1. The van der Waals surface area contributed by atoms with E-state index in [0.29, 0.717) is 12.6 Å². The number of halogens is 2. The Bertz CT molecular complexity index is 389. The molecule has 0 saturated carbocycles. The fraction of sp³-hybridized carbons (Fsp3) is 0.538. The van der Waals surface area contributed by atoms with Gasteiger partial charge in [0.1, 0.15) is 0 Å². The Morgan fingerprint density at radius 3 is 2.67 bits per heavy atom. The summed E-state index contributed by atoms with van der Waals surface area (Å²) in [6.45, 7) is 2.78. The van der Waals surface area contributed by atoms with Gasteiger partial charge in [0.05, 0.1) is 0 Å². The van der Waals surface area contributed by atoms with E-state index in [1.54, 1.807) is 0 Å². The lowest BCUT2D eigenvalue weighted by Crippen LogP contribution is -2.38. The van der Waals surface area contributed by atoms with Crippen LogP contribution in [0.1, 0.15) is 18.5 Å². The van der Waals surface area contributed by atoms with Crippen molar-refractivity contribution < 1.29 is 0 Å². The third-order valence-electron chi connectivity index (χ3n) is 3.14. The van der Waals surface area contributed by atoms with Gasteiger partial charge in [-0.1, -0.05) is 33.6 Å². The van der Waals surface area contributed by atoms with Gasteiger partial charge in [0.2, 0.25) is 0 Å². The maximum absolute atomic E-state index is 6.31. The van der Waals surface area contributed by atoms with E-state index in [2.05, 4.69) is 41.1 Å². The molecule has 0 aromatic heterocycles. The number of nitrogens with zero attached hydrogens (tertiary/aromatic N) is 1. The summed E-state index contributed by atoms with van der Waals surface area (Å²) in [4.78, 5) is 2.30. The van der Waals surface area contributed by atoms with Crippen molar-refractivity contribution in [3.8, 4) is 0 Å². The summed E-state index contributed by atoms with van der Waals surface area (Å²) in [5.41, 5.74) is 7.02. The summed E-state index contributed by atoms with van der Waals surface area (Å²) in [6.07, 6.45) is 2.12. The number of benzene rings is 1. The molecule has 0 amide bonds. The zero-order chi connectivity index (χ0) is 13.7. The first-order valence-corrected chi connectivity index (χ1v) is 8.43. The second-order valence-electron chi connectivity index (χ2n) is 4.39. The fourth-order valence-corrected chi connectivity index (χ4v) is 3.47. The monoisotopic (exact) mass is 350 g/mol. The Kier molecular flexibility index (Phi) is 7.03. The van der Waals surface area contributed by atoms with Gasteiger partial charge in [0.25, 0.3) is 0 Å². The van der Waals surface area contributed by atoms with Crippen molar-refractivity contribution in [2.24, 2.45) is 5.73 Å². The molecule has 0 radical (unpaired) electrons. The van der Waals surface area contributed by atoms with Crippen LogP contribution in [0.25, 0.3) is 0 Å². The van der Waals surface area contributed by atoms with Gasteiger partial charge in [-0.3, -0.25) is 4.90 Å². The molecule has 102 valence electrons. The Balaban J connectivity index is 2.94. The van der Waals surface area contributed by atoms with Crippen LogP contribution in [0.3, 0.4) is 0 Å². The van der Waals surface area contributed by atoms with E-state index in [-0.39, 0.29) is 6.04 Å². The van der Waals surface area contributed by atoms with Gasteiger partial charge < -0.3 is 5.73 Å². The van der Waals surface area contributed by atoms with Gasteiger partial charge in [-0.05, 0) is 37.9 Å². The van der Waals surface area contributed by atoms with Crippen molar-refractivity contribution in [1.29, 1.82) is 0 Å². The highest BCUT2D eigenvalue weighted by Crippen LogP contribution is 2.30. The molecule has 0 aliphatic rings. The number of rotatable bonds is 6. The van der Waals surface area contributed by atoms with Crippen molar-refractivity contribution in [2.45, 2.75) is 19.0 Å². The minimum Gasteiger partial charge on any atom is -0.329 e. The molecule has 0 aliphatic heterocycles. The number of hydrogen-bond acceptors (Lipinski definition) is 3. The van der Waals surface area contributed by atoms with Crippen LogP contribution in [0.5, 0.6) is 0 Å². The number of likely N-dealkylation sites (N-methyl/N-ethyl adjacent to an activating group) is 1. The van der Waals surface area contributed by atoms with E-state index in [9.17, 15) is 0 Å². The maximum atomic E-state index is 6.31. The summed E-state index contributed by atoms with van der Waals surface area (Å²) < 4.78 is 0.992. The summed E-state index contributed by atoms with van der Waals surface area (Å²) in [6, 6.07) is 6.61. The van der Waals surface area contributed by atoms with E-state index >= 15 is 0 Å². The van der Waals surface area contributed by atoms with Gasteiger partial charge in [0, 0.05) is 33.9 Å². The smallest absolute Gasteiger partial charge is 0.0485 e. The molecule has 2 nitrogen and oxygen atoms in total. The molecule has 18 heavy (non-hydrogen) atoms. The second-order valence-corrected chi connectivity index (χ2v) is 6.62. The molecule has 0 fully saturated rings. The van der Waals surface area contributed by atoms with Gasteiger partial charge in [0.15, 0.2) is 0 Å². The average Bonchev–Trinajstić information content (AvgIpc) is 2.32. The van der Waals surface area contributed by atoms with Crippen molar-refractivity contribution >= 4 is 39.3 Å². The van der Waals surface area contributed by atoms with Crippen LogP contribution >= 0.6 is 39.3 Å². The highest BCUT2D eigenvalue weighted by molar-refractivity contribution is 9.10. The predicted octanol–water partition coefficient (Wildman–Crippen LogP) is 3.79. The molecular weight excluding hydrogens is 332 g/mol. The molecule has 5 heteroatoms. The van der Waals surface area contributed by atoms with Crippen LogP contribution in [0.4, 0.5) is 0 Å². The topological polar surface area (TPSA) is 29.3 Å².